The highest BCUT2D eigenvalue weighted by Crippen LogP contribution is 2.28. The predicted octanol–water partition coefficient (Wildman–Crippen LogP) is 2.27. The third-order valence-corrected chi connectivity index (χ3v) is 3.91. The Hall–Kier alpha value is -2.96. The number of rotatable bonds is 4. The molecule has 1 N–H and O–H groups in total. The van der Waals surface area contributed by atoms with E-state index in [0.29, 0.717) is 30.6 Å². The lowest BCUT2D eigenvalue weighted by atomic mass is 9.94. The summed E-state index contributed by atoms with van der Waals surface area (Å²) < 4.78 is 6.38. The molecule has 0 atom stereocenters. The number of hydrogen-bond donors (Lipinski definition) is 1. The Morgan fingerprint density at radius 3 is 2.75 bits per heavy atom. The number of Topliss-reactive ketones (excluding diaryl/α,β-unsaturated/α-hetero) is 1. The minimum absolute atomic E-state index is 0.0447. The summed E-state index contributed by atoms with van der Waals surface area (Å²) in [5.41, 5.74) is 1.14. The van der Waals surface area contributed by atoms with Crippen molar-refractivity contribution in [3.05, 3.63) is 46.8 Å². The molecule has 1 aliphatic carbocycles. The van der Waals surface area contributed by atoms with Crippen molar-refractivity contribution in [2.45, 2.75) is 26.2 Å². The molecule has 7 nitrogen and oxygen atoms in total. The van der Waals surface area contributed by atoms with Gasteiger partial charge in [-0.2, -0.15) is 5.10 Å². The molecule has 1 aliphatic rings. The highest BCUT2D eigenvalue weighted by Gasteiger charge is 2.32. The van der Waals surface area contributed by atoms with Crippen LogP contribution in [0.5, 0.6) is 0 Å². The van der Waals surface area contributed by atoms with Gasteiger partial charge < -0.3 is 9.84 Å². The number of carbonyl (C=O) groups is 3. The van der Waals surface area contributed by atoms with E-state index in [1.54, 1.807) is 25.1 Å². The van der Waals surface area contributed by atoms with Crippen LogP contribution in [-0.2, 0) is 11.2 Å². The molecule has 0 unspecified atom stereocenters. The van der Waals surface area contributed by atoms with Gasteiger partial charge in [-0.3, -0.25) is 4.79 Å². The zero-order chi connectivity index (χ0) is 17.3. The van der Waals surface area contributed by atoms with E-state index in [4.69, 9.17) is 4.74 Å². The fourth-order valence-corrected chi connectivity index (χ4v) is 2.90. The van der Waals surface area contributed by atoms with E-state index in [2.05, 4.69) is 5.10 Å². The lowest BCUT2D eigenvalue weighted by Gasteiger charge is -2.14. The first-order valence-electron chi connectivity index (χ1n) is 7.69. The molecule has 0 saturated heterocycles. The maximum Gasteiger partial charge on any atom is 0.359 e. The monoisotopic (exact) mass is 328 g/mol. The van der Waals surface area contributed by atoms with Crippen LogP contribution in [0.3, 0.4) is 0 Å². The van der Waals surface area contributed by atoms with E-state index in [0.717, 1.165) is 0 Å². The molecular weight excluding hydrogens is 312 g/mol. The van der Waals surface area contributed by atoms with E-state index in [1.165, 1.54) is 10.7 Å². The van der Waals surface area contributed by atoms with Crippen LogP contribution in [0.4, 0.5) is 0 Å². The highest BCUT2D eigenvalue weighted by molar-refractivity contribution is 6.07. The molecular formula is C17H16N2O5. The van der Waals surface area contributed by atoms with Gasteiger partial charge in [-0.05, 0) is 31.9 Å². The van der Waals surface area contributed by atoms with Crippen molar-refractivity contribution in [1.82, 2.24) is 9.78 Å². The minimum atomic E-state index is -1.10. The maximum absolute atomic E-state index is 12.3. The van der Waals surface area contributed by atoms with Crippen molar-refractivity contribution in [1.29, 1.82) is 0 Å². The van der Waals surface area contributed by atoms with Crippen LogP contribution < -0.4 is 0 Å². The highest BCUT2D eigenvalue weighted by atomic mass is 16.5. The van der Waals surface area contributed by atoms with E-state index in [-0.39, 0.29) is 29.2 Å². The number of ether oxygens (including phenoxy) is 1. The molecule has 0 radical (unpaired) electrons. The molecule has 2 aromatic rings. The Labute approximate surface area is 137 Å². The molecule has 124 valence electrons. The number of benzene rings is 1. The number of fused-ring (bicyclic) bond motifs is 1. The summed E-state index contributed by atoms with van der Waals surface area (Å²) in [5, 5.41) is 13.6. The average molecular weight is 328 g/mol. The Morgan fingerprint density at radius 1 is 1.29 bits per heavy atom. The van der Waals surface area contributed by atoms with Gasteiger partial charge >= 0.3 is 11.9 Å². The van der Waals surface area contributed by atoms with Gasteiger partial charge in [0.25, 0.3) is 0 Å². The first-order valence-corrected chi connectivity index (χ1v) is 7.69. The molecule has 0 aliphatic heterocycles. The molecule has 0 fully saturated rings. The van der Waals surface area contributed by atoms with Crippen molar-refractivity contribution >= 4 is 17.7 Å². The van der Waals surface area contributed by atoms with Crippen LogP contribution in [0.15, 0.2) is 24.3 Å². The van der Waals surface area contributed by atoms with Crippen molar-refractivity contribution < 1.29 is 24.2 Å². The van der Waals surface area contributed by atoms with E-state index >= 15 is 0 Å². The van der Waals surface area contributed by atoms with Crippen LogP contribution in [0.25, 0.3) is 5.69 Å². The van der Waals surface area contributed by atoms with Crippen LogP contribution in [-0.4, -0.2) is 39.2 Å². The third-order valence-electron chi connectivity index (χ3n) is 3.91. The van der Waals surface area contributed by atoms with Gasteiger partial charge in [0, 0.05) is 6.42 Å². The number of aromatic carboxylic acids is 1. The van der Waals surface area contributed by atoms with Crippen LogP contribution in [0, 0.1) is 0 Å². The summed E-state index contributed by atoms with van der Waals surface area (Å²) in [7, 11) is 0. The van der Waals surface area contributed by atoms with Crippen LogP contribution in [0.2, 0.25) is 0 Å². The number of esters is 1. The number of nitrogens with zero attached hydrogens (tertiary/aromatic N) is 2. The number of ketones is 1. The fourth-order valence-electron chi connectivity index (χ4n) is 2.90. The van der Waals surface area contributed by atoms with Gasteiger partial charge in [-0.15, -0.1) is 0 Å². The molecule has 0 bridgehead atoms. The van der Waals surface area contributed by atoms with Crippen molar-refractivity contribution in [3.63, 3.8) is 0 Å². The maximum atomic E-state index is 12.3. The molecule has 24 heavy (non-hydrogen) atoms. The molecule has 1 aromatic heterocycles. The summed E-state index contributed by atoms with van der Waals surface area (Å²) in [6.45, 7) is 1.84. The summed E-state index contributed by atoms with van der Waals surface area (Å²) >= 11 is 0. The SMILES string of the molecule is CCOC(=O)c1nn(-c2ccccc2C(=O)O)c2c1C(=O)CCC2. The van der Waals surface area contributed by atoms with Crippen LogP contribution >= 0.6 is 0 Å². The van der Waals surface area contributed by atoms with Gasteiger partial charge in [-0.25, -0.2) is 14.3 Å². The third kappa shape index (κ3) is 2.58. The standard InChI is InChI=1S/C17H16N2O5/c1-2-24-17(23)15-14-12(8-5-9-13(14)20)19(18-15)11-7-4-3-6-10(11)16(21)22/h3-4,6-7H,2,5,8-9H2,1H3,(H,21,22). The summed E-state index contributed by atoms with van der Waals surface area (Å²) in [6, 6.07) is 6.36. The number of hydrogen-bond acceptors (Lipinski definition) is 5. The quantitative estimate of drug-likeness (QED) is 0.865. The van der Waals surface area contributed by atoms with Gasteiger partial charge in [0.1, 0.15) is 0 Å². The number of carboxylic acids is 1. The molecule has 1 heterocycles. The Bertz CT molecular complexity index is 838. The number of carboxylic acid groups (broad SMARTS) is 1. The summed E-state index contributed by atoms with van der Waals surface area (Å²) in [6.07, 6.45) is 1.52. The molecule has 7 heteroatoms. The second kappa shape index (κ2) is 6.27. The normalized spacial score (nSPS) is 13.5. The Kier molecular flexibility index (Phi) is 4.16. The zero-order valence-electron chi connectivity index (χ0n) is 13.1. The lowest BCUT2D eigenvalue weighted by molar-refractivity contribution is 0.0515. The summed E-state index contributed by atoms with van der Waals surface area (Å²) in [4.78, 5) is 35.9. The fraction of sp³-hybridized carbons (Fsp3) is 0.294. The first kappa shape index (κ1) is 15.9. The summed E-state index contributed by atoms with van der Waals surface area (Å²) in [5.74, 6) is -1.94. The number of carbonyl (C=O) groups excluding carboxylic acids is 2. The van der Waals surface area contributed by atoms with Crippen molar-refractivity contribution in [2.24, 2.45) is 0 Å². The molecule has 3 rings (SSSR count). The van der Waals surface area contributed by atoms with Gasteiger partial charge in [0.2, 0.25) is 0 Å². The van der Waals surface area contributed by atoms with E-state index in [9.17, 15) is 19.5 Å². The molecule has 1 aromatic carbocycles. The second-order valence-corrected chi connectivity index (χ2v) is 5.40. The number of aromatic nitrogens is 2. The zero-order valence-corrected chi connectivity index (χ0v) is 13.1. The van der Waals surface area contributed by atoms with Gasteiger partial charge in [0.15, 0.2) is 11.5 Å². The lowest BCUT2D eigenvalue weighted by Crippen LogP contribution is -2.16. The Balaban J connectivity index is 2.24. The Morgan fingerprint density at radius 2 is 2.04 bits per heavy atom. The average Bonchev–Trinajstić information content (AvgIpc) is 2.96. The predicted molar refractivity (Wildman–Crippen MR) is 83.7 cm³/mol. The van der Waals surface area contributed by atoms with Crippen molar-refractivity contribution in [2.75, 3.05) is 6.61 Å². The minimum Gasteiger partial charge on any atom is -0.478 e. The first-order chi connectivity index (χ1) is 11.5. The van der Waals surface area contributed by atoms with Gasteiger partial charge in [0.05, 0.1) is 29.1 Å². The van der Waals surface area contributed by atoms with Crippen LogP contribution in [0.1, 0.15) is 56.7 Å². The molecule has 0 spiro atoms. The smallest absolute Gasteiger partial charge is 0.359 e. The second-order valence-electron chi connectivity index (χ2n) is 5.40. The topological polar surface area (TPSA) is 98.5 Å². The molecule has 0 amide bonds. The van der Waals surface area contributed by atoms with Crippen molar-refractivity contribution in [3.8, 4) is 5.69 Å². The molecule has 0 saturated carbocycles. The van der Waals surface area contributed by atoms with Gasteiger partial charge in [-0.1, -0.05) is 12.1 Å². The van der Waals surface area contributed by atoms with E-state index in [1.807, 2.05) is 0 Å². The largest absolute Gasteiger partial charge is 0.478 e. The number of para-hydroxylation sites is 1. The van der Waals surface area contributed by atoms with E-state index < -0.39 is 11.9 Å².